The molecule has 0 unspecified atom stereocenters. The number of para-hydroxylation sites is 1. The molecule has 0 radical (unpaired) electrons. The average Bonchev–Trinajstić information content (AvgIpc) is 2.89. The van der Waals surface area contributed by atoms with E-state index >= 15 is 0 Å². The molecule has 4 heterocycles. The van der Waals surface area contributed by atoms with E-state index in [9.17, 15) is 13.2 Å². The van der Waals surface area contributed by atoms with Crippen LogP contribution in [0.3, 0.4) is 0 Å². The summed E-state index contributed by atoms with van der Waals surface area (Å²) in [4.78, 5) is 4.53. The molecule has 184 valence electrons. The van der Waals surface area contributed by atoms with Crippen LogP contribution in [0.2, 0.25) is 0 Å². The van der Waals surface area contributed by atoms with Crippen LogP contribution >= 0.6 is 0 Å². The van der Waals surface area contributed by atoms with Crippen molar-refractivity contribution >= 4 is 10.9 Å². The Hall–Kier alpha value is -2.70. The summed E-state index contributed by atoms with van der Waals surface area (Å²) in [6, 6.07) is 12.5. The molecule has 0 N–H and O–H groups in total. The normalized spacial score (nSPS) is 26.7. The van der Waals surface area contributed by atoms with Crippen molar-refractivity contribution in [3.05, 3.63) is 89.9 Å². The van der Waals surface area contributed by atoms with Gasteiger partial charge in [-0.05, 0) is 42.2 Å². The summed E-state index contributed by atoms with van der Waals surface area (Å²) in [5, 5.41) is 1.04. The lowest BCUT2D eigenvalue weighted by Gasteiger charge is -2.59. The van der Waals surface area contributed by atoms with Crippen LogP contribution in [0, 0.1) is 29.3 Å². The van der Waals surface area contributed by atoms with Crippen molar-refractivity contribution in [2.45, 2.75) is 44.9 Å². The summed E-state index contributed by atoms with van der Waals surface area (Å²) in [6.07, 6.45) is 6.35. The molecular formula is C29H32F3N2O+. The third-order valence-corrected chi connectivity index (χ3v) is 8.31. The van der Waals surface area contributed by atoms with Gasteiger partial charge in [-0.3, -0.25) is 4.98 Å². The highest BCUT2D eigenvalue weighted by molar-refractivity contribution is 5.82. The first-order valence-electron chi connectivity index (χ1n) is 12.5. The maximum atomic E-state index is 14.9. The van der Waals surface area contributed by atoms with Crippen LogP contribution in [0.25, 0.3) is 10.9 Å². The number of pyridine rings is 1. The molecule has 2 bridgehead atoms. The van der Waals surface area contributed by atoms with Gasteiger partial charge in [-0.1, -0.05) is 31.2 Å². The predicted molar refractivity (Wildman–Crippen MR) is 131 cm³/mol. The van der Waals surface area contributed by atoms with Gasteiger partial charge in [0.1, 0.15) is 18.7 Å². The van der Waals surface area contributed by atoms with Gasteiger partial charge in [0.05, 0.1) is 25.2 Å². The quantitative estimate of drug-likeness (QED) is 0.202. The number of nitrogens with zero attached hydrogens (tertiary/aromatic N) is 2. The second-order valence-corrected chi connectivity index (χ2v) is 10.1. The summed E-state index contributed by atoms with van der Waals surface area (Å²) >= 11 is 0. The number of fused-ring (bicyclic) bond motifs is 4. The fourth-order valence-corrected chi connectivity index (χ4v) is 6.62. The number of ether oxygens (including phenoxy) is 1. The highest BCUT2D eigenvalue weighted by Crippen LogP contribution is 2.49. The minimum Gasteiger partial charge on any atom is -0.363 e. The first-order valence-corrected chi connectivity index (χ1v) is 12.5. The molecule has 0 saturated carbocycles. The van der Waals surface area contributed by atoms with E-state index in [2.05, 4.69) is 24.6 Å². The lowest BCUT2D eigenvalue weighted by Crippen LogP contribution is -2.68. The third kappa shape index (κ3) is 4.27. The van der Waals surface area contributed by atoms with Crippen LogP contribution in [0.4, 0.5) is 13.2 Å². The summed E-state index contributed by atoms with van der Waals surface area (Å²) in [6.45, 7) is 8.50. The highest BCUT2D eigenvalue weighted by Gasteiger charge is 2.55. The Balaban J connectivity index is 1.61. The van der Waals surface area contributed by atoms with Crippen molar-refractivity contribution < 1.29 is 22.4 Å². The molecule has 0 spiro atoms. The Morgan fingerprint density at radius 2 is 1.97 bits per heavy atom. The van der Waals surface area contributed by atoms with E-state index in [-0.39, 0.29) is 17.7 Å². The Morgan fingerprint density at radius 3 is 2.77 bits per heavy atom. The van der Waals surface area contributed by atoms with Crippen molar-refractivity contribution in [2.24, 2.45) is 11.8 Å². The number of rotatable bonds is 8. The van der Waals surface area contributed by atoms with E-state index < -0.39 is 17.5 Å². The van der Waals surface area contributed by atoms with Crippen LogP contribution in [0.15, 0.2) is 61.3 Å². The largest absolute Gasteiger partial charge is 0.363 e. The van der Waals surface area contributed by atoms with E-state index in [1.54, 1.807) is 6.08 Å². The van der Waals surface area contributed by atoms with Crippen LogP contribution in [0.5, 0.6) is 0 Å². The number of halogens is 3. The molecular weight excluding hydrogens is 449 g/mol. The smallest absolute Gasteiger partial charge is 0.194 e. The topological polar surface area (TPSA) is 22.1 Å². The number of quaternary nitrogens is 1. The summed E-state index contributed by atoms with van der Waals surface area (Å²) in [7, 11) is 0. The second kappa shape index (κ2) is 9.75. The first kappa shape index (κ1) is 24.0. The lowest BCUT2D eigenvalue weighted by molar-refractivity contribution is -0.986. The lowest BCUT2D eigenvalue weighted by atomic mass is 9.70. The minimum absolute atomic E-state index is 0.0508. The van der Waals surface area contributed by atoms with Gasteiger partial charge in [0.15, 0.2) is 17.5 Å². The standard InChI is InChI=1S/C29H32F3N2O/c1-3-15-35-29(23-11-13-33-25-8-6-5-7-22(23)25)26-16-20-12-14-34(26,17-19(20)4-2)18-21-9-10-24(30)28(32)27(21)31/h3,5-11,13,19-20,26,29H,1,4,12,14-18H2,2H3/q+1/t19-,20+,26-,29+,34+/m0/s1. The molecule has 0 amide bonds. The van der Waals surface area contributed by atoms with Crippen LogP contribution in [0.1, 0.15) is 43.4 Å². The fraction of sp³-hybridized carbons (Fsp3) is 0.414. The maximum absolute atomic E-state index is 14.9. The first-order chi connectivity index (χ1) is 17.0. The van der Waals surface area contributed by atoms with E-state index in [0.29, 0.717) is 29.5 Å². The maximum Gasteiger partial charge on any atom is 0.194 e. The molecule has 3 aromatic rings. The molecule has 3 nitrogen and oxygen atoms in total. The van der Waals surface area contributed by atoms with Gasteiger partial charge in [0.25, 0.3) is 0 Å². The fourth-order valence-electron chi connectivity index (χ4n) is 6.62. The Bertz CT molecular complexity index is 1230. The van der Waals surface area contributed by atoms with Gasteiger partial charge in [0.2, 0.25) is 0 Å². The molecule has 3 aliphatic rings. The van der Waals surface area contributed by atoms with Gasteiger partial charge in [0, 0.05) is 35.9 Å². The SMILES string of the molecule is C=CCO[C@H](c1ccnc2ccccc12)[C@@H]1C[C@H]2CC[N@+]1(Cc1ccc(F)c(F)c1F)C[C@@H]2CC. The van der Waals surface area contributed by atoms with Crippen LogP contribution in [-0.4, -0.2) is 35.2 Å². The van der Waals surface area contributed by atoms with E-state index in [0.717, 1.165) is 54.9 Å². The average molecular weight is 482 g/mol. The number of piperidine rings is 3. The van der Waals surface area contributed by atoms with E-state index in [1.165, 1.54) is 6.07 Å². The number of benzene rings is 2. The summed E-state index contributed by atoms with van der Waals surface area (Å²) in [5.41, 5.74) is 2.19. The zero-order chi connectivity index (χ0) is 24.6. The molecule has 1 aromatic heterocycles. The van der Waals surface area contributed by atoms with Gasteiger partial charge < -0.3 is 9.22 Å². The Kier molecular flexibility index (Phi) is 6.69. The minimum atomic E-state index is -1.39. The molecule has 5 atom stereocenters. The van der Waals surface area contributed by atoms with Crippen molar-refractivity contribution in [1.82, 2.24) is 4.98 Å². The molecule has 35 heavy (non-hydrogen) atoms. The third-order valence-electron chi connectivity index (χ3n) is 8.31. The zero-order valence-electron chi connectivity index (χ0n) is 20.1. The number of aromatic nitrogens is 1. The van der Waals surface area contributed by atoms with E-state index in [4.69, 9.17) is 4.74 Å². The Labute approximate surface area is 204 Å². The molecule has 3 saturated heterocycles. The van der Waals surface area contributed by atoms with Gasteiger partial charge in [-0.2, -0.15) is 0 Å². The van der Waals surface area contributed by atoms with Crippen molar-refractivity contribution in [3.63, 3.8) is 0 Å². The van der Waals surface area contributed by atoms with Gasteiger partial charge >= 0.3 is 0 Å². The van der Waals surface area contributed by atoms with Crippen molar-refractivity contribution in [2.75, 3.05) is 19.7 Å². The number of hydrogen-bond acceptors (Lipinski definition) is 2. The zero-order valence-corrected chi connectivity index (χ0v) is 20.1. The van der Waals surface area contributed by atoms with Crippen LogP contribution < -0.4 is 0 Å². The van der Waals surface area contributed by atoms with Crippen LogP contribution in [-0.2, 0) is 11.3 Å². The van der Waals surface area contributed by atoms with Crippen molar-refractivity contribution in [3.8, 4) is 0 Å². The molecule has 3 aliphatic heterocycles. The molecule has 6 heteroatoms. The monoisotopic (exact) mass is 481 g/mol. The van der Waals surface area contributed by atoms with Gasteiger partial charge in [-0.15, -0.1) is 6.58 Å². The Morgan fingerprint density at radius 1 is 1.14 bits per heavy atom. The highest BCUT2D eigenvalue weighted by atomic mass is 19.2. The number of hydrogen-bond donors (Lipinski definition) is 0. The molecule has 6 rings (SSSR count). The van der Waals surface area contributed by atoms with Crippen molar-refractivity contribution in [1.29, 1.82) is 0 Å². The molecule has 3 fully saturated rings. The predicted octanol–water partition coefficient (Wildman–Crippen LogP) is 6.73. The molecule has 2 aromatic carbocycles. The van der Waals surface area contributed by atoms with Gasteiger partial charge in [-0.25, -0.2) is 13.2 Å². The summed E-state index contributed by atoms with van der Waals surface area (Å²) in [5.74, 6) is -2.53. The molecule has 0 aliphatic carbocycles. The van der Waals surface area contributed by atoms with E-state index in [1.807, 2.05) is 30.5 Å². The summed E-state index contributed by atoms with van der Waals surface area (Å²) < 4.78 is 49.9. The second-order valence-electron chi connectivity index (χ2n) is 10.1.